The van der Waals surface area contributed by atoms with Crippen LogP contribution in [0.1, 0.15) is 67.7 Å². The van der Waals surface area contributed by atoms with Gasteiger partial charge in [0, 0.05) is 6.42 Å². The molecule has 90 valence electrons. The van der Waals surface area contributed by atoms with Gasteiger partial charge in [-0.05, 0) is 36.5 Å². The van der Waals surface area contributed by atoms with Gasteiger partial charge in [0.05, 0.1) is 0 Å². The fourth-order valence-electron chi connectivity index (χ4n) is 1.96. The zero-order valence-electron chi connectivity index (χ0n) is 11.6. The van der Waals surface area contributed by atoms with Gasteiger partial charge in [-0.25, -0.2) is 0 Å². The van der Waals surface area contributed by atoms with Crippen LogP contribution in [0, 0.1) is 16.7 Å². The van der Waals surface area contributed by atoms with Crippen molar-refractivity contribution in [2.24, 2.45) is 16.7 Å². The molecule has 1 nitrogen and oxygen atoms in total. The third-order valence-electron chi connectivity index (χ3n) is 2.93. The molecule has 0 saturated heterocycles. The molecule has 15 heavy (non-hydrogen) atoms. The third kappa shape index (κ3) is 7.58. The van der Waals surface area contributed by atoms with E-state index in [4.69, 9.17) is 0 Å². The smallest absolute Gasteiger partial charge is 0.129 e. The zero-order valence-corrected chi connectivity index (χ0v) is 11.6. The van der Waals surface area contributed by atoms with Gasteiger partial charge in [0.1, 0.15) is 5.78 Å². The molecule has 0 aliphatic heterocycles. The lowest BCUT2D eigenvalue weighted by atomic mass is 9.70. The lowest BCUT2D eigenvalue weighted by Crippen LogP contribution is -2.26. The first-order chi connectivity index (χ1) is 6.52. The number of hydrogen-bond acceptors (Lipinski definition) is 1. The van der Waals surface area contributed by atoms with Crippen LogP contribution >= 0.6 is 0 Å². The molecule has 0 aliphatic rings. The van der Waals surface area contributed by atoms with Crippen molar-refractivity contribution in [1.82, 2.24) is 0 Å². The maximum atomic E-state index is 11.0. The SMILES string of the molecule is CC(=O)CCC(CC(C)(C)C)C(C)(C)C. The zero-order chi connectivity index (χ0) is 12.3. The third-order valence-corrected chi connectivity index (χ3v) is 2.93. The lowest BCUT2D eigenvalue weighted by Gasteiger charge is -2.35. The van der Waals surface area contributed by atoms with Crippen LogP contribution in [0.3, 0.4) is 0 Å². The second kappa shape index (κ2) is 5.14. The molecule has 0 rings (SSSR count). The molecular weight excluding hydrogens is 184 g/mol. The first kappa shape index (κ1) is 14.7. The summed E-state index contributed by atoms with van der Waals surface area (Å²) in [6.07, 6.45) is 2.97. The molecule has 0 N–H and O–H groups in total. The molecular formula is C14H28O. The standard InChI is InChI=1S/C14H28O/c1-11(15)8-9-12(14(5,6)7)10-13(2,3)4/h12H,8-10H2,1-7H3. The maximum Gasteiger partial charge on any atom is 0.129 e. The second-order valence-corrected chi connectivity index (χ2v) is 7.07. The summed E-state index contributed by atoms with van der Waals surface area (Å²) in [7, 11) is 0. The Morgan fingerprint density at radius 2 is 1.53 bits per heavy atom. The predicted octanol–water partition coefficient (Wildman–Crippen LogP) is 4.45. The van der Waals surface area contributed by atoms with Crippen molar-refractivity contribution in [2.75, 3.05) is 0 Å². The van der Waals surface area contributed by atoms with E-state index in [2.05, 4.69) is 41.5 Å². The summed E-state index contributed by atoms with van der Waals surface area (Å²) in [5.41, 5.74) is 0.664. The number of rotatable bonds is 4. The number of carbonyl (C=O) groups excluding carboxylic acids is 1. The molecule has 0 amide bonds. The van der Waals surface area contributed by atoms with E-state index >= 15 is 0 Å². The van der Waals surface area contributed by atoms with Crippen molar-refractivity contribution < 1.29 is 4.79 Å². The molecule has 0 aromatic heterocycles. The quantitative estimate of drug-likeness (QED) is 0.672. The van der Waals surface area contributed by atoms with E-state index in [0.29, 0.717) is 22.5 Å². The van der Waals surface area contributed by atoms with Crippen LogP contribution in [0.5, 0.6) is 0 Å². The minimum atomic E-state index is 0.308. The fraction of sp³-hybridized carbons (Fsp3) is 0.929. The van der Waals surface area contributed by atoms with Gasteiger partial charge in [0.25, 0.3) is 0 Å². The summed E-state index contributed by atoms with van der Waals surface area (Å²) in [5.74, 6) is 0.958. The molecule has 1 atom stereocenters. The Hall–Kier alpha value is -0.330. The van der Waals surface area contributed by atoms with Crippen molar-refractivity contribution in [3.05, 3.63) is 0 Å². The highest BCUT2D eigenvalue weighted by Crippen LogP contribution is 2.38. The van der Waals surface area contributed by atoms with Gasteiger partial charge in [-0.3, -0.25) is 0 Å². The highest BCUT2D eigenvalue weighted by Gasteiger charge is 2.28. The Morgan fingerprint density at radius 1 is 1.07 bits per heavy atom. The Labute approximate surface area is 95.6 Å². The van der Waals surface area contributed by atoms with Gasteiger partial charge in [-0.1, -0.05) is 41.5 Å². The lowest BCUT2D eigenvalue weighted by molar-refractivity contribution is -0.117. The largest absolute Gasteiger partial charge is 0.300 e. The highest BCUT2D eigenvalue weighted by molar-refractivity contribution is 5.75. The monoisotopic (exact) mass is 212 g/mol. The van der Waals surface area contributed by atoms with E-state index in [-0.39, 0.29) is 0 Å². The van der Waals surface area contributed by atoms with Crippen molar-refractivity contribution >= 4 is 5.78 Å². The highest BCUT2D eigenvalue weighted by atomic mass is 16.1. The molecule has 0 aliphatic carbocycles. The number of Topliss-reactive ketones (excluding diaryl/α,β-unsaturated/α-hetero) is 1. The van der Waals surface area contributed by atoms with E-state index in [1.165, 1.54) is 6.42 Å². The van der Waals surface area contributed by atoms with E-state index < -0.39 is 0 Å². The van der Waals surface area contributed by atoms with Crippen molar-refractivity contribution in [2.45, 2.75) is 67.7 Å². The van der Waals surface area contributed by atoms with Crippen LogP contribution in [0.15, 0.2) is 0 Å². The number of carbonyl (C=O) groups is 1. The molecule has 0 bridgehead atoms. The molecule has 0 heterocycles. The maximum absolute atomic E-state index is 11.0. The van der Waals surface area contributed by atoms with Crippen molar-refractivity contribution in [1.29, 1.82) is 0 Å². The fourth-order valence-corrected chi connectivity index (χ4v) is 1.96. The molecule has 0 spiro atoms. The van der Waals surface area contributed by atoms with E-state index in [1.807, 2.05) is 0 Å². The van der Waals surface area contributed by atoms with Gasteiger partial charge in [-0.2, -0.15) is 0 Å². The van der Waals surface area contributed by atoms with E-state index in [0.717, 1.165) is 12.8 Å². The normalized spacial score (nSPS) is 15.1. The average molecular weight is 212 g/mol. The van der Waals surface area contributed by atoms with Crippen molar-refractivity contribution in [3.8, 4) is 0 Å². The topological polar surface area (TPSA) is 17.1 Å². The van der Waals surface area contributed by atoms with Gasteiger partial charge in [0.15, 0.2) is 0 Å². The van der Waals surface area contributed by atoms with Crippen LogP contribution in [0.2, 0.25) is 0 Å². The summed E-state index contributed by atoms with van der Waals surface area (Å²) in [5, 5.41) is 0. The first-order valence-electron chi connectivity index (χ1n) is 6.02. The molecule has 0 aromatic carbocycles. The van der Waals surface area contributed by atoms with Crippen LogP contribution in [0.25, 0.3) is 0 Å². The Bertz CT molecular complexity index is 202. The van der Waals surface area contributed by atoms with Crippen molar-refractivity contribution in [3.63, 3.8) is 0 Å². The minimum absolute atomic E-state index is 0.308. The minimum Gasteiger partial charge on any atom is -0.300 e. The van der Waals surface area contributed by atoms with E-state index in [9.17, 15) is 4.79 Å². The Kier molecular flexibility index (Phi) is 5.02. The van der Waals surface area contributed by atoms with Crippen LogP contribution in [0.4, 0.5) is 0 Å². The summed E-state index contributed by atoms with van der Waals surface area (Å²) < 4.78 is 0. The Morgan fingerprint density at radius 3 is 1.80 bits per heavy atom. The predicted molar refractivity (Wildman–Crippen MR) is 66.9 cm³/mol. The Balaban J connectivity index is 4.40. The van der Waals surface area contributed by atoms with Crippen LogP contribution < -0.4 is 0 Å². The average Bonchev–Trinajstić information content (AvgIpc) is 1.93. The molecule has 1 heteroatoms. The first-order valence-corrected chi connectivity index (χ1v) is 6.02. The van der Waals surface area contributed by atoms with E-state index in [1.54, 1.807) is 6.92 Å². The van der Waals surface area contributed by atoms with Crippen LogP contribution in [-0.2, 0) is 4.79 Å². The van der Waals surface area contributed by atoms with Gasteiger partial charge < -0.3 is 4.79 Å². The molecule has 0 aromatic rings. The molecule has 1 unspecified atom stereocenters. The molecule has 0 radical (unpaired) electrons. The van der Waals surface area contributed by atoms with Gasteiger partial charge in [-0.15, -0.1) is 0 Å². The number of hydrogen-bond donors (Lipinski definition) is 0. The molecule has 0 fully saturated rings. The summed E-state index contributed by atoms with van der Waals surface area (Å²) in [6, 6.07) is 0. The number of ketones is 1. The summed E-state index contributed by atoms with van der Waals surface area (Å²) in [4.78, 5) is 11.0. The van der Waals surface area contributed by atoms with Crippen LogP contribution in [-0.4, -0.2) is 5.78 Å². The summed E-state index contributed by atoms with van der Waals surface area (Å²) >= 11 is 0. The van der Waals surface area contributed by atoms with Gasteiger partial charge in [0.2, 0.25) is 0 Å². The van der Waals surface area contributed by atoms with Gasteiger partial charge >= 0.3 is 0 Å². The second-order valence-electron chi connectivity index (χ2n) is 7.07. The molecule has 0 saturated carbocycles. The summed E-state index contributed by atoms with van der Waals surface area (Å²) in [6.45, 7) is 15.4.